The van der Waals surface area contributed by atoms with Crippen molar-refractivity contribution in [1.82, 2.24) is 0 Å². The molecule has 0 aromatic heterocycles. The minimum Gasteiger partial charge on any atom is -0.369 e. The van der Waals surface area contributed by atoms with Gasteiger partial charge in [-0.15, -0.1) is 0 Å². The lowest BCUT2D eigenvalue weighted by molar-refractivity contribution is 0.112. The normalized spacial score (nSPS) is 11.3. The van der Waals surface area contributed by atoms with Gasteiger partial charge in [-0.2, -0.15) is 0 Å². The molecule has 0 aliphatic heterocycles. The van der Waals surface area contributed by atoms with Crippen molar-refractivity contribution >= 4 is 27.9 Å². The van der Waals surface area contributed by atoms with Crippen molar-refractivity contribution in [2.45, 2.75) is 26.3 Å². The van der Waals surface area contributed by atoms with Gasteiger partial charge in [0, 0.05) is 28.3 Å². The SMILES string of the molecule is CN(c1ccc(Br)cc1C=O)C(C)(C)C. The van der Waals surface area contributed by atoms with Crippen LogP contribution >= 0.6 is 15.9 Å². The smallest absolute Gasteiger partial charge is 0.152 e. The van der Waals surface area contributed by atoms with Crippen LogP contribution in [0, 0.1) is 0 Å². The second-order valence-electron chi connectivity index (χ2n) is 4.55. The molecule has 1 aromatic carbocycles. The van der Waals surface area contributed by atoms with Crippen LogP contribution in [-0.2, 0) is 0 Å². The summed E-state index contributed by atoms with van der Waals surface area (Å²) in [6.45, 7) is 6.34. The Bertz CT molecular complexity index is 368. The Balaban J connectivity index is 3.19. The molecule has 0 N–H and O–H groups in total. The number of halogens is 1. The van der Waals surface area contributed by atoms with Crippen LogP contribution in [0.3, 0.4) is 0 Å². The van der Waals surface area contributed by atoms with Gasteiger partial charge in [-0.25, -0.2) is 0 Å². The number of carbonyl (C=O) groups is 1. The van der Waals surface area contributed by atoms with Crippen molar-refractivity contribution in [3.63, 3.8) is 0 Å². The van der Waals surface area contributed by atoms with Crippen LogP contribution in [0.5, 0.6) is 0 Å². The highest BCUT2D eigenvalue weighted by Gasteiger charge is 2.19. The van der Waals surface area contributed by atoms with E-state index in [0.29, 0.717) is 5.56 Å². The standard InChI is InChI=1S/C12H16BrNO/c1-12(2,3)14(4)11-6-5-10(13)7-9(11)8-15/h5-8H,1-4H3. The van der Waals surface area contributed by atoms with Crippen molar-refractivity contribution < 1.29 is 4.79 Å². The van der Waals surface area contributed by atoms with E-state index in [1.54, 1.807) is 0 Å². The molecule has 0 aliphatic rings. The van der Waals surface area contributed by atoms with Gasteiger partial charge in [0.05, 0.1) is 0 Å². The maximum atomic E-state index is 11.0. The minimum atomic E-state index is 0.00555. The van der Waals surface area contributed by atoms with E-state index in [4.69, 9.17) is 0 Å². The molecule has 0 fully saturated rings. The molecule has 0 saturated heterocycles. The first-order valence-electron chi connectivity index (χ1n) is 4.85. The van der Waals surface area contributed by atoms with Crippen LogP contribution in [0.1, 0.15) is 31.1 Å². The lowest BCUT2D eigenvalue weighted by atomic mass is 10.0. The number of nitrogens with zero attached hydrogens (tertiary/aromatic N) is 1. The summed E-state index contributed by atoms with van der Waals surface area (Å²) in [6, 6.07) is 5.74. The van der Waals surface area contributed by atoms with Gasteiger partial charge in [0.25, 0.3) is 0 Å². The van der Waals surface area contributed by atoms with E-state index in [2.05, 4.69) is 41.6 Å². The zero-order valence-electron chi connectivity index (χ0n) is 9.54. The molecule has 0 radical (unpaired) electrons. The van der Waals surface area contributed by atoms with Crippen molar-refractivity contribution in [3.05, 3.63) is 28.2 Å². The molecule has 3 heteroatoms. The van der Waals surface area contributed by atoms with Crippen LogP contribution in [0.15, 0.2) is 22.7 Å². The number of carbonyl (C=O) groups excluding carboxylic acids is 1. The van der Waals surface area contributed by atoms with Crippen molar-refractivity contribution in [2.24, 2.45) is 0 Å². The van der Waals surface area contributed by atoms with Crippen molar-refractivity contribution in [1.29, 1.82) is 0 Å². The maximum absolute atomic E-state index is 11.0. The molecule has 0 spiro atoms. The largest absolute Gasteiger partial charge is 0.369 e. The third kappa shape index (κ3) is 2.81. The molecule has 0 unspecified atom stereocenters. The second kappa shape index (κ2) is 4.35. The Hall–Kier alpha value is -0.830. The van der Waals surface area contributed by atoms with E-state index in [-0.39, 0.29) is 5.54 Å². The van der Waals surface area contributed by atoms with Crippen LogP contribution < -0.4 is 4.90 Å². The van der Waals surface area contributed by atoms with Crippen molar-refractivity contribution in [3.8, 4) is 0 Å². The average molecular weight is 270 g/mol. The third-order valence-corrected chi connectivity index (χ3v) is 2.98. The molecule has 0 atom stereocenters. The summed E-state index contributed by atoms with van der Waals surface area (Å²) in [6.07, 6.45) is 0.891. The molecule has 15 heavy (non-hydrogen) atoms. The Morgan fingerprint density at radius 2 is 1.93 bits per heavy atom. The number of hydrogen-bond acceptors (Lipinski definition) is 2. The van der Waals surface area contributed by atoms with Gasteiger partial charge in [0.15, 0.2) is 6.29 Å². The maximum Gasteiger partial charge on any atom is 0.152 e. The van der Waals surface area contributed by atoms with Gasteiger partial charge in [0.1, 0.15) is 0 Å². The van der Waals surface area contributed by atoms with Crippen LogP contribution in [-0.4, -0.2) is 18.9 Å². The van der Waals surface area contributed by atoms with Crippen LogP contribution in [0.4, 0.5) is 5.69 Å². The Kier molecular flexibility index (Phi) is 3.55. The fourth-order valence-corrected chi connectivity index (χ4v) is 1.67. The first kappa shape index (κ1) is 12.2. The number of hydrogen-bond donors (Lipinski definition) is 0. The van der Waals surface area contributed by atoms with Gasteiger partial charge in [-0.05, 0) is 39.0 Å². The molecule has 1 rings (SSSR count). The number of aldehydes is 1. The molecular formula is C12H16BrNO. The molecule has 0 amide bonds. The van der Waals surface area contributed by atoms with E-state index in [1.165, 1.54) is 0 Å². The Labute approximate surface area is 99.4 Å². The Morgan fingerprint density at radius 1 is 1.33 bits per heavy atom. The first-order chi connectivity index (χ1) is 6.86. The van der Waals surface area contributed by atoms with E-state index in [9.17, 15) is 4.79 Å². The topological polar surface area (TPSA) is 20.3 Å². The molecule has 0 heterocycles. The van der Waals surface area contributed by atoms with Gasteiger partial charge >= 0.3 is 0 Å². The molecule has 82 valence electrons. The van der Waals surface area contributed by atoms with E-state index < -0.39 is 0 Å². The predicted octanol–water partition coefficient (Wildman–Crippen LogP) is 3.50. The second-order valence-corrected chi connectivity index (χ2v) is 5.47. The summed E-state index contributed by atoms with van der Waals surface area (Å²) in [7, 11) is 2.00. The molecule has 2 nitrogen and oxygen atoms in total. The summed E-state index contributed by atoms with van der Waals surface area (Å²) in [5.74, 6) is 0. The van der Waals surface area contributed by atoms with E-state index >= 15 is 0 Å². The lowest BCUT2D eigenvalue weighted by Crippen LogP contribution is -2.38. The van der Waals surface area contributed by atoms with Gasteiger partial charge in [0.2, 0.25) is 0 Å². The van der Waals surface area contributed by atoms with Gasteiger partial charge < -0.3 is 4.90 Å². The monoisotopic (exact) mass is 269 g/mol. The quantitative estimate of drug-likeness (QED) is 0.766. The van der Waals surface area contributed by atoms with Crippen LogP contribution in [0.25, 0.3) is 0 Å². The number of benzene rings is 1. The fourth-order valence-electron chi connectivity index (χ4n) is 1.29. The van der Waals surface area contributed by atoms with Crippen LogP contribution in [0.2, 0.25) is 0 Å². The molecule has 0 aliphatic carbocycles. The molecule has 0 saturated carbocycles. The predicted molar refractivity (Wildman–Crippen MR) is 67.7 cm³/mol. The summed E-state index contributed by atoms with van der Waals surface area (Å²) in [5.41, 5.74) is 1.67. The number of anilines is 1. The molecule has 0 bridgehead atoms. The highest BCUT2D eigenvalue weighted by Crippen LogP contribution is 2.27. The first-order valence-corrected chi connectivity index (χ1v) is 5.64. The summed E-state index contributed by atoms with van der Waals surface area (Å²) in [4.78, 5) is 13.1. The third-order valence-electron chi connectivity index (χ3n) is 2.48. The summed E-state index contributed by atoms with van der Waals surface area (Å²) in [5, 5.41) is 0. The zero-order chi connectivity index (χ0) is 11.6. The van der Waals surface area contributed by atoms with Crippen molar-refractivity contribution in [2.75, 3.05) is 11.9 Å². The van der Waals surface area contributed by atoms with Gasteiger partial charge in [-0.3, -0.25) is 4.79 Å². The number of rotatable bonds is 2. The molecular weight excluding hydrogens is 254 g/mol. The summed E-state index contributed by atoms with van der Waals surface area (Å²) < 4.78 is 0.927. The average Bonchev–Trinajstić information content (AvgIpc) is 2.15. The van der Waals surface area contributed by atoms with Gasteiger partial charge in [-0.1, -0.05) is 15.9 Å². The zero-order valence-corrected chi connectivity index (χ0v) is 11.1. The van der Waals surface area contributed by atoms with E-state index in [0.717, 1.165) is 16.4 Å². The summed E-state index contributed by atoms with van der Waals surface area (Å²) >= 11 is 3.36. The highest BCUT2D eigenvalue weighted by atomic mass is 79.9. The molecule has 1 aromatic rings. The lowest BCUT2D eigenvalue weighted by Gasteiger charge is -2.34. The minimum absolute atomic E-state index is 0.00555. The highest BCUT2D eigenvalue weighted by molar-refractivity contribution is 9.10. The van der Waals surface area contributed by atoms with E-state index in [1.807, 2.05) is 25.2 Å². The Morgan fingerprint density at radius 3 is 2.40 bits per heavy atom. The fraction of sp³-hybridized carbons (Fsp3) is 0.417.